The fourth-order valence-corrected chi connectivity index (χ4v) is 2.47. The normalized spacial score (nSPS) is 10.3. The molecule has 0 radical (unpaired) electrons. The van der Waals surface area contributed by atoms with Gasteiger partial charge in [0.25, 0.3) is 0 Å². The van der Waals surface area contributed by atoms with Crippen molar-refractivity contribution in [3.05, 3.63) is 48.5 Å². The summed E-state index contributed by atoms with van der Waals surface area (Å²) in [5.74, 6) is -0.391. The molecule has 7 heteroatoms. The first-order valence-electron chi connectivity index (χ1n) is 9.72. The van der Waals surface area contributed by atoms with Crippen molar-refractivity contribution in [1.29, 1.82) is 0 Å². The Bertz CT molecular complexity index is 847. The summed E-state index contributed by atoms with van der Waals surface area (Å²) in [6.45, 7) is 5.69. The molecule has 0 saturated heterocycles. The zero-order chi connectivity index (χ0) is 21.2. The van der Waals surface area contributed by atoms with E-state index in [4.69, 9.17) is 0 Å². The minimum absolute atomic E-state index is 0.0433. The van der Waals surface area contributed by atoms with E-state index in [9.17, 15) is 14.4 Å². The molecule has 0 heterocycles. The Morgan fingerprint density at radius 2 is 1.38 bits per heavy atom. The fourth-order valence-electron chi connectivity index (χ4n) is 2.47. The Morgan fingerprint density at radius 3 is 1.97 bits per heavy atom. The van der Waals surface area contributed by atoms with Crippen molar-refractivity contribution in [3.63, 3.8) is 0 Å². The maximum Gasteiger partial charge on any atom is 0.243 e. The second-order valence-electron chi connectivity index (χ2n) is 7.00. The Balaban J connectivity index is 1.84. The summed E-state index contributed by atoms with van der Waals surface area (Å²) in [5.41, 5.74) is 2.73. The van der Waals surface area contributed by atoms with Crippen LogP contribution in [0.3, 0.4) is 0 Å². The molecule has 0 fully saturated rings. The van der Waals surface area contributed by atoms with Gasteiger partial charge in [0, 0.05) is 35.1 Å². The van der Waals surface area contributed by atoms with Gasteiger partial charge in [-0.25, -0.2) is 0 Å². The molecular weight excluding hydrogens is 368 g/mol. The van der Waals surface area contributed by atoms with E-state index in [1.54, 1.807) is 48.5 Å². The van der Waals surface area contributed by atoms with Crippen LogP contribution in [0.2, 0.25) is 0 Å². The van der Waals surface area contributed by atoms with Crippen molar-refractivity contribution in [2.75, 3.05) is 27.8 Å². The lowest BCUT2D eigenvalue weighted by atomic mass is 10.2. The van der Waals surface area contributed by atoms with Crippen LogP contribution in [0, 0.1) is 5.92 Å². The lowest BCUT2D eigenvalue weighted by molar-refractivity contribution is -0.119. The zero-order valence-corrected chi connectivity index (χ0v) is 17.0. The largest absolute Gasteiger partial charge is 0.376 e. The van der Waals surface area contributed by atoms with Crippen molar-refractivity contribution < 1.29 is 14.4 Å². The van der Waals surface area contributed by atoms with Crippen molar-refractivity contribution >= 4 is 40.5 Å². The second-order valence-corrected chi connectivity index (χ2v) is 7.00. The zero-order valence-electron chi connectivity index (χ0n) is 17.0. The van der Waals surface area contributed by atoms with Crippen LogP contribution in [0.25, 0.3) is 0 Å². The molecule has 2 rings (SSSR count). The molecule has 2 aromatic carbocycles. The van der Waals surface area contributed by atoms with Gasteiger partial charge in [-0.15, -0.1) is 0 Å². The quantitative estimate of drug-likeness (QED) is 0.513. The molecule has 0 atom stereocenters. The molecular formula is C22H28N4O3. The molecule has 29 heavy (non-hydrogen) atoms. The van der Waals surface area contributed by atoms with Crippen LogP contribution in [0.5, 0.6) is 0 Å². The number of carbonyl (C=O) groups is 3. The minimum atomic E-state index is -0.209. The van der Waals surface area contributed by atoms with Crippen LogP contribution >= 0.6 is 0 Å². The van der Waals surface area contributed by atoms with Gasteiger partial charge >= 0.3 is 0 Å². The summed E-state index contributed by atoms with van der Waals surface area (Å²) in [6.07, 6.45) is 1.24. The number of benzene rings is 2. The van der Waals surface area contributed by atoms with Crippen LogP contribution in [0.1, 0.15) is 33.6 Å². The standard InChI is InChI=1S/C22H28N4O3/c1-4-6-20(27)24-18-7-5-8-19(13-18)25-21(28)14-23-16-9-11-17(12-10-16)26-22(29)15(2)3/h5,7-13,15,23H,4,6,14H2,1-3H3,(H,24,27)(H,25,28)(H,26,29). The molecule has 0 spiro atoms. The van der Waals surface area contributed by atoms with E-state index in [0.717, 1.165) is 12.1 Å². The molecule has 0 saturated carbocycles. The van der Waals surface area contributed by atoms with E-state index in [1.807, 2.05) is 20.8 Å². The summed E-state index contributed by atoms with van der Waals surface area (Å²) in [6, 6.07) is 14.2. The van der Waals surface area contributed by atoms with Crippen molar-refractivity contribution in [2.24, 2.45) is 5.92 Å². The molecule has 4 N–H and O–H groups in total. The molecule has 0 aliphatic heterocycles. The van der Waals surface area contributed by atoms with Gasteiger partial charge in [0.2, 0.25) is 17.7 Å². The number of amides is 3. The van der Waals surface area contributed by atoms with Crippen molar-refractivity contribution in [3.8, 4) is 0 Å². The molecule has 7 nitrogen and oxygen atoms in total. The van der Waals surface area contributed by atoms with Crippen LogP contribution in [0.4, 0.5) is 22.7 Å². The number of nitrogens with one attached hydrogen (secondary N) is 4. The van der Waals surface area contributed by atoms with E-state index in [-0.39, 0.29) is 30.2 Å². The SMILES string of the molecule is CCCC(=O)Nc1cccc(NC(=O)CNc2ccc(NC(=O)C(C)C)cc2)c1. The lowest BCUT2D eigenvalue weighted by Gasteiger charge is -2.11. The van der Waals surface area contributed by atoms with Crippen LogP contribution in [-0.4, -0.2) is 24.3 Å². The molecule has 0 aliphatic rings. The van der Waals surface area contributed by atoms with Gasteiger partial charge in [-0.05, 0) is 48.9 Å². The molecule has 0 bridgehead atoms. The number of carbonyl (C=O) groups excluding carboxylic acids is 3. The first-order valence-corrected chi connectivity index (χ1v) is 9.72. The maximum atomic E-state index is 12.2. The number of hydrogen-bond acceptors (Lipinski definition) is 4. The highest BCUT2D eigenvalue weighted by Crippen LogP contribution is 2.16. The summed E-state index contributed by atoms with van der Waals surface area (Å²) >= 11 is 0. The lowest BCUT2D eigenvalue weighted by Crippen LogP contribution is -2.22. The third-order valence-corrected chi connectivity index (χ3v) is 4.04. The predicted octanol–water partition coefficient (Wildman–Crippen LogP) is 4.07. The van der Waals surface area contributed by atoms with Gasteiger partial charge in [-0.2, -0.15) is 0 Å². The summed E-state index contributed by atoms with van der Waals surface area (Å²) in [4.78, 5) is 35.6. The van der Waals surface area contributed by atoms with Gasteiger partial charge < -0.3 is 21.3 Å². The topological polar surface area (TPSA) is 99.3 Å². The Morgan fingerprint density at radius 1 is 0.793 bits per heavy atom. The molecule has 0 unspecified atom stereocenters. The van der Waals surface area contributed by atoms with Crippen LogP contribution in [-0.2, 0) is 14.4 Å². The first-order chi connectivity index (χ1) is 13.9. The van der Waals surface area contributed by atoms with Gasteiger partial charge in [-0.3, -0.25) is 14.4 Å². The highest BCUT2D eigenvalue weighted by molar-refractivity contribution is 5.96. The minimum Gasteiger partial charge on any atom is -0.376 e. The van der Waals surface area contributed by atoms with Gasteiger partial charge in [0.1, 0.15) is 0 Å². The average Bonchev–Trinajstić information content (AvgIpc) is 2.67. The third kappa shape index (κ3) is 7.65. The van der Waals surface area contributed by atoms with Crippen LogP contribution in [0.15, 0.2) is 48.5 Å². The van der Waals surface area contributed by atoms with E-state index in [1.165, 1.54) is 0 Å². The van der Waals surface area contributed by atoms with Crippen molar-refractivity contribution in [1.82, 2.24) is 0 Å². The number of hydrogen-bond donors (Lipinski definition) is 4. The first kappa shape index (κ1) is 21.9. The average molecular weight is 396 g/mol. The number of rotatable bonds is 9. The molecule has 3 amide bonds. The molecule has 0 aliphatic carbocycles. The highest BCUT2D eigenvalue weighted by atomic mass is 16.2. The molecule has 2 aromatic rings. The van der Waals surface area contributed by atoms with Gasteiger partial charge in [0.05, 0.1) is 6.54 Å². The maximum absolute atomic E-state index is 12.2. The predicted molar refractivity (Wildman–Crippen MR) is 117 cm³/mol. The molecule has 0 aromatic heterocycles. The van der Waals surface area contributed by atoms with E-state index in [2.05, 4.69) is 21.3 Å². The van der Waals surface area contributed by atoms with Gasteiger partial charge in [-0.1, -0.05) is 26.8 Å². The Hall–Kier alpha value is -3.35. The van der Waals surface area contributed by atoms with E-state index in [0.29, 0.717) is 23.5 Å². The third-order valence-electron chi connectivity index (χ3n) is 4.04. The highest BCUT2D eigenvalue weighted by Gasteiger charge is 2.08. The second kappa shape index (κ2) is 10.8. The van der Waals surface area contributed by atoms with Gasteiger partial charge in [0.15, 0.2) is 0 Å². The Labute approximate surface area is 171 Å². The fraction of sp³-hybridized carbons (Fsp3) is 0.318. The summed E-state index contributed by atoms with van der Waals surface area (Å²) < 4.78 is 0. The van der Waals surface area contributed by atoms with Crippen molar-refractivity contribution in [2.45, 2.75) is 33.6 Å². The summed E-state index contributed by atoms with van der Waals surface area (Å²) in [7, 11) is 0. The van der Waals surface area contributed by atoms with E-state index < -0.39 is 0 Å². The number of anilines is 4. The Kier molecular flexibility index (Phi) is 8.21. The van der Waals surface area contributed by atoms with E-state index >= 15 is 0 Å². The monoisotopic (exact) mass is 396 g/mol. The molecule has 154 valence electrons. The smallest absolute Gasteiger partial charge is 0.243 e. The summed E-state index contributed by atoms with van der Waals surface area (Å²) in [5, 5.41) is 11.5. The van der Waals surface area contributed by atoms with Crippen LogP contribution < -0.4 is 21.3 Å².